The van der Waals surface area contributed by atoms with Gasteiger partial charge < -0.3 is 14.9 Å². The van der Waals surface area contributed by atoms with Crippen molar-refractivity contribution in [3.05, 3.63) is 58.2 Å². The Hall–Kier alpha value is -4.01. The molecule has 4 atom stereocenters. The molecule has 0 aromatic heterocycles. The third-order valence-corrected chi connectivity index (χ3v) is 8.07. The zero-order valence-corrected chi connectivity index (χ0v) is 21.2. The molecule has 38 heavy (non-hydrogen) atoms. The third kappa shape index (κ3) is 3.97. The van der Waals surface area contributed by atoms with Gasteiger partial charge in [0, 0.05) is 41.2 Å². The van der Waals surface area contributed by atoms with Crippen molar-refractivity contribution in [2.45, 2.75) is 45.4 Å². The van der Waals surface area contributed by atoms with E-state index in [-0.39, 0.29) is 67.1 Å². The second kappa shape index (κ2) is 9.70. The average Bonchev–Trinajstić information content (AvgIpc) is 3.12. The molecule has 1 aromatic rings. The Morgan fingerprint density at radius 1 is 1.13 bits per heavy atom. The van der Waals surface area contributed by atoms with Crippen LogP contribution in [0.3, 0.4) is 0 Å². The maximum atomic E-state index is 13.6. The van der Waals surface area contributed by atoms with Gasteiger partial charge in [-0.2, -0.15) is 0 Å². The number of carbonyl (C=O) groups excluding carboxylic acids is 4. The van der Waals surface area contributed by atoms with Gasteiger partial charge in [0.1, 0.15) is 0 Å². The highest BCUT2D eigenvalue weighted by atomic mass is 16.5. The number of nitrogens with zero attached hydrogens (tertiary/aromatic N) is 1. The number of Topliss-reactive ketones (excluding diaryl/α,β-unsaturated/α-hetero) is 1. The van der Waals surface area contributed by atoms with Crippen LogP contribution in [0, 0.1) is 17.8 Å². The number of rotatable bonds is 7. The van der Waals surface area contributed by atoms with Crippen LogP contribution in [0.15, 0.2) is 52.6 Å². The van der Waals surface area contributed by atoms with Crippen LogP contribution in [0.2, 0.25) is 0 Å². The normalized spacial score (nSPS) is 26.5. The topological polar surface area (TPSA) is 138 Å². The number of amides is 2. The predicted molar refractivity (Wildman–Crippen MR) is 134 cm³/mol. The lowest BCUT2D eigenvalue weighted by Crippen LogP contribution is -2.40. The Kier molecular flexibility index (Phi) is 6.54. The number of benzene rings is 1. The van der Waals surface area contributed by atoms with Crippen molar-refractivity contribution >= 4 is 29.4 Å². The zero-order valence-electron chi connectivity index (χ0n) is 21.2. The van der Waals surface area contributed by atoms with E-state index in [1.807, 2.05) is 6.08 Å². The lowest BCUT2D eigenvalue weighted by Gasteiger charge is -2.42. The molecule has 198 valence electrons. The number of para-hydroxylation sites is 1. The molecule has 2 N–H and O–H groups in total. The number of phenolic OH excluding ortho intramolecular Hbond substituents is 1. The van der Waals surface area contributed by atoms with Crippen molar-refractivity contribution in [3.8, 4) is 11.5 Å². The Bertz CT molecular complexity index is 1370. The third-order valence-electron chi connectivity index (χ3n) is 8.07. The van der Waals surface area contributed by atoms with E-state index in [2.05, 4.69) is 0 Å². The van der Waals surface area contributed by atoms with Crippen molar-refractivity contribution in [1.29, 1.82) is 0 Å². The first kappa shape index (κ1) is 25.6. The van der Waals surface area contributed by atoms with Gasteiger partial charge in [0.25, 0.3) is 0 Å². The minimum atomic E-state index is -1.00. The zero-order chi connectivity index (χ0) is 27.3. The van der Waals surface area contributed by atoms with Crippen molar-refractivity contribution in [1.82, 2.24) is 4.90 Å². The van der Waals surface area contributed by atoms with Gasteiger partial charge in [0.15, 0.2) is 23.1 Å². The number of fused-ring (bicyclic) bond motifs is 3. The monoisotopic (exact) mass is 519 g/mol. The van der Waals surface area contributed by atoms with Gasteiger partial charge in [0.2, 0.25) is 11.8 Å². The van der Waals surface area contributed by atoms with Crippen molar-refractivity contribution in [2.24, 2.45) is 17.8 Å². The number of carbonyl (C=O) groups is 5. The van der Waals surface area contributed by atoms with Gasteiger partial charge in [-0.25, -0.2) is 0 Å². The van der Waals surface area contributed by atoms with Crippen LogP contribution in [-0.4, -0.2) is 57.6 Å². The number of phenols is 1. The smallest absolute Gasteiger partial charge is 0.303 e. The maximum absolute atomic E-state index is 13.6. The van der Waals surface area contributed by atoms with Crippen molar-refractivity contribution in [3.63, 3.8) is 0 Å². The van der Waals surface area contributed by atoms with E-state index >= 15 is 0 Å². The van der Waals surface area contributed by atoms with Crippen LogP contribution in [0.1, 0.15) is 51.0 Å². The van der Waals surface area contributed by atoms with Gasteiger partial charge in [0.05, 0.1) is 18.4 Å². The quantitative estimate of drug-likeness (QED) is 0.318. The first-order valence-corrected chi connectivity index (χ1v) is 12.9. The second-order valence-corrected chi connectivity index (χ2v) is 10.2. The van der Waals surface area contributed by atoms with E-state index in [0.29, 0.717) is 28.9 Å². The van der Waals surface area contributed by atoms with Gasteiger partial charge >= 0.3 is 5.97 Å². The number of likely N-dealkylation sites (tertiary alicyclic amines) is 1. The molecule has 0 saturated carbocycles. The summed E-state index contributed by atoms with van der Waals surface area (Å²) < 4.78 is 5.58. The summed E-state index contributed by atoms with van der Waals surface area (Å²) in [5.41, 5.74) is 2.05. The van der Waals surface area contributed by atoms with E-state index in [4.69, 9.17) is 9.84 Å². The van der Waals surface area contributed by atoms with Crippen LogP contribution in [0.4, 0.5) is 0 Å². The summed E-state index contributed by atoms with van der Waals surface area (Å²) in [5.74, 6) is -4.81. The summed E-state index contributed by atoms with van der Waals surface area (Å²) in [6.07, 6.45) is 3.61. The predicted octanol–water partition coefficient (Wildman–Crippen LogP) is 3.09. The van der Waals surface area contributed by atoms with Gasteiger partial charge in [-0.1, -0.05) is 23.8 Å². The number of allylic oxidation sites excluding steroid dienone is 6. The number of hydrogen-bond donors (Lipinski definition) is 2. The molecule has 0 spiro atoms. The molecule has 1 aliphatic heterocycles. The highest BCUT2D eigenvalue weighted by molar-refractivity contribution is 6.23. The number of aliphatic carboxylic acids is 1. The highest BCUT2D eigenvalue weighted by Gasteiger charge is 2.56. The molecule has 2 amide bonds. The summed E-state index contributed by atoms with van der Waals surface area (Å²) in [7, 11) is 0. The van der Waals surface area contributed by atoms with E-state index in [0.717, 1.165) is 10.5 Å². The molecule has 1 fully saturated rings. The van der Waals surface area contributed by atoms with Crippen molar-refractivity contribution in [2.75, 3.05) is 13.2 Å². The standard InChI is InChI=1S/C29H29NO8/c1-3-38-21-7-4-6-16(27(21)35)23-15-9-10-17-24(29(37)30(28(17)36)11-5-8-22(32)33)18(15)13-19-25(23)20(31)12-14(2)26(19)34/h4,6-7,9,12,17-18,23-24,35H,3,5,8,10-11,13H2,1-2H3,(H,32,33). The second-order valence-electron chi connectivity index (χ2n) is 10.2. The SMILES string of the molecule is CCOc1cccc(C2C3=CCC4C(=O)N(CCCC(=O)O)C(=O)C4C3CC3=C2C(=O)C=C(C)C3=O)c1O. The molecule has 1 heterocycles. The van der Waals surface area contributed by atoms with Gasteiger partial charge in [-0.15, -0.1) is 0 Å². The minimum Gasteiger partial charge on any atom is -0.504 e. The van der Waals surface area contributed by atoms with E-state index in [1.54, 1.807) is 32.0 Å². The first-order valence-electron chi connectivity index (χ1n) is 12.9. The molecule has 0 bridgehead atoms. The number of ketones is 2. The van der Waals surface area contributed by atoms with E-state index < -0.39 is 29.6 Å². The van der Waals surface area contributed by atoms with Crippen LogP contribution < -0.4 is 4.74 Å². The lowest BCUT2D eigenvalue weighted by atomic mass is 9.59. The average molecular weight is 520 g/mol. The molecule has 4 aliphatic rings. The number of carboxylic acids is 1. The fraction of sp³-hybridized carbons (Fsp3) is 0.414. The summed E-state index contributed by atoms with van der Waals surface area (Å²) in [6, 6.07) is 5.02. The van der Waals surface area contributed by atoms with Crippen molar-refractivity contribution < 1.29 is 38.9 Å². The Morgan fingerprint density at radius 2 is 1.89 bits per heavy atom. The van der Waals surface area contributed by atoms with Crippen LogP contribution in [0.25, 0.3) is 0 Å². The number of imide groups is 1. The number of aromatic hydroxyl groups is 1. The fourth-order valence-electron chi connectivity index (χ4n) is 6.46. The number of ether oxygens (including phenoxy) is 1. The Labute approximate surface area is 219 Å². The van der Waals surface area contributed by atoms with Crippen LogP contribution in [-0.2, 0) is 24.0 Å². The summed E-state index contributed by atoms with van der Waals surface area (Å²) >= 11 is 0. The minimum absolute atomic E-state index is 0.0207. The first-order chi connectivity index (χ1) is 18.1. The molecule has 4 unspecified atom stereocenters. The van der Waals surface area contributed by atoms with E-state index in [9.17, 15) is 29.1 Å². The Balaban J connectivity index is 1.60. The molecular formula is C29H29NO8. The number of hydrogen-bond acceptors (Lipinski definition) is 7. The Morgan fingerprint density at radius 3 is 2.61 bits per heavy atom. The van der Waals surface area contributed by atoms with Crippen LogP contribution >= 0.6 is 0 Å². The molecule has 0 radical (unpaired) electrons. The molecule has 1 saturated heterocycles. The molecule has 1 aromatic carbocycles. The summed E-state index contributed by atoms with van der Waals surface area (Å²) in [5, 5.41) is 20.1. The number of carboxylic acid groups (broad SMARTS) is 1. The van der Waals surface area contributed by atoms with Gasteiger partial charge in [-0.05, 0) is 51.2 Å². The maximum Gasteiger partial charge on any atom is 0.303 e. The summed E-state index contributed by atoms with van der Waals surface area (Å²) in [4.78, 5) is 65.5. The molecule has 5 rings (SSSR count). The molecule has 3 aliphatic carbocycles. The van der Waals surface area contributed by atoms with Gasteiger partial charge in [-0.3, -0.25) is 28.9 Å². The fourth-order valence-corrected chi connectivity index (χ4v) is 6.46. The lowest BCUT2D eigenvalue weighted by molar-refractivity contribution is -0.142. The van der Waals surface area contributed by atoms with E-state index in [1.165, 1.54) is 6.08 Å². The highest BCUT2D eigenvalue weighted by Crippen LogP contribution is 2.56. The molecule has 9 nitrogen and oxygen atoms in total. The van der Waals surface area contributed by atoms with Crippen LogP contribution in [0.5, 0.6) is 11.5 Å². The molecule has 9 heteroatoms. The summed E-state index contributed by atoms with van der Waals surface area (Å²) in [6.45, 7) is 3.70. The molecular weight excluding hydrogens is 490 g/mol. The largest absolute Gasteiger partial charge is 0.504 e.